The lowest BCUT2D eigenvalue weighted by molar-refractivity contribution is 0.0696. The first-order valence-electron chi connectivity index (χ1n) is 7.24. The number of aromatic carboxylic acids is 1. The van der Waals surface area contributed by atoms with Crippen LogP contribution >= 0.6 is 12.6 Å². The summed E-state index contributed by atoms with van der Waals surface area (Å²) in [6.07, 6.45) is 1.25. The molecule has 0 saturated heterocycles. The average molecular weight is 337 g/mol. The van der Waals surface area contributed by atoms with Crippen molar-refractivity contribution in [3.05, 3.63) is 46.9 Å². The average Bonchev–Trinajstić information content (AvgIpc) is 3.00. The lowest BCUT2D eigenvalue weighted by Crippen LogP contribution is -2.10. The van der Waals surface area contributed by atoms with Crippen LogP contribution in [-0.2, 0) is 6.54 Å². The normalized spacial score (nSPS) is 9.96. The van der Waals surface area contributed by atoms with Crippen molar-refractivity contribution in [1.29, 1.82) is 0 Å². The minimum atomic E-state index is -0.957. The molecule has 0 aliphatic rings. The molecule has 1 aromatic carbocycles. The second-order valence-corrected chi connectivity index (χ2v) is 5.44. The Morgan fingerprint density at radius 3 is 2.35 bits per heavy atom. The van der Waals surface area contributed by atoms with Crippen molar-refractivity contribution >= 4 is 18.6 Å². The topological polar surface area (TPSA) is 71.7 Å². The Bertz CT molecular complexity index is 629. The molecule has 0 bridgehead atoms. The van der Waals surface area contributed by atoms with Gasteiger partial charge in [-0.25, -0.2) is 4.79 Å². The van der Waals surface area contributed by atoms with Crippen LogP contribution in [0, 0.1) is 13.8 Å². The summed E-state index contributed by atoms with van der Waals surface area (Å²) in [6, 6.07) is 5.48. The Labute approximate surface area is 142 Å². The highest BCUT2D eigenvalue weighted by molar-refractivity contribution is 7.80. The van der Waals surface area contributed by atoms with Gasteiger partial charge in [-0.2, -0.15) is 0 Å². The van der Waals surface area contributed by atoms with Gasteiger partial charge in [0.25, 0.3) is 0 Å². The summed E-state index contributed by atoms with van der Waals surface area (Å²) in [7, 11) is 1.67. The summed E-state index contributed by atoms with van der Waals surface area (Å²) in [5.74, 6) is 0.591. The van der Waals surface area contributed by atoms with Crippen molar-refractivity contribution in [2.75, 3.05) is 13.7 Å². The third-order valence-corrected chi connectivity index (χ3v) is 3.86. The van der Waals surface area contributed by atoms with Crippen LogP contribution in [0.15, 0.2) is 33.8 Å². The number of furan rings is 1. The summed E-state index contributed by atoms with van der Waals surface area (Å²) in [6.45, 7) is 7.43. The van der Waals surface area contributed by atoms with Gasteiger partial charge in [0.15, 0.2) is 0 Å². The molecule has 0 saturated carbocycles. The fourth-order valence-corrected chi connectivity index (χ4v) is 2.00. The molecule has 0 aliphatic carbocycles. The Balaban J connectivity index is 0.000000231. The Morgan fingerprint density at radius 1 is 1.30 bits per heavy atom. The van der Waals surface area contributed by atoms with Crippen LogP contribution in [0.3, 0.4) is 0 Å². The Hall–Kier alpha value is -1.92. The van der Waals surface area contributed by atoms with Crippen LogP contribution in [0.5, 0.6) is 5.75 Å². The van der Waals surface area contributed by atoms with Crippen molar-refractivity contribution in [3.8, 4) is 5.75 Å². The molecule has 6 heteroatoms. The molecule has 2 aromatic rings. The number of thiol groups is 1. The van der Waals surface area contributed by atoms with E-state index in [1.807, 2.05) is 32.9 Å². The van der Waals surface area contributed by atoms with E-state index in [1.165, 1.54) is 12.3 Å². The molecule has 0 spiro atoms. The number of benzene rings is 1. The predicted octanol–water partition coefficient (Wildman–Crippen LogP) is 3.69. The molecule has 23 heavy (non-hydrogen) atoms. The van der Waals surface area contributed by atoms with E-state index >= 15 is 0 Å². The largest absolute Gasteiger partial charge is 0.497 e. The minimum absolute atomic E-state index is 0.197. The molecule has 0 unspecified atom stereocenters. The highest BCUT2D eigenvalue weighted by Gasteiger charge is 2.06. The first-order chi connectivity index (χ1) is 10.9. The van der Waals surface area contributed by atoms with Crippen LogP contribution in [0.1, 0.15) is 34.2 Å². The van der Waals surface area contributed by atoms with E-state index in [-0.39, 0.29) is 5.56 Å². The van der Waals surface area contributed by atoms with Crippen molar-refractivity contribution in [2.24, 2.45) is 0 Å². The van der Waals surface area contributed by atoms with Gasteiger partial charge < -0.3 is 19.6 Å². The molecule has 2 N–H and O–H groups in total. The predicted molar refractivity (Wildman–Crippen MR) is 92.8 cm³/mol. The lowest BCUT2D eigenvalue weighted by atomic mass is 10.1. The molecule has 1 heterocycles. The summed E-state index contributed by atoms with van der Waals surface area (Å²) >= 11 is 4.34. The molecule has 2 rings (SSSR count). The number of nitrogens with one attached hydrogen (secondary N) is 1. The van der Waals surface area contributed by atoms with Crippen molar-refractivity contribution in [2.45, 2.75) is 32.2 Å². The Morgan fingerprint density at radius 2 is 1.91 bits per heavy atom. The number of carbonyl (C=O) groups is 1. The minimum Gasteiger partial charge on any atom is -0.497 e. The SMILES string of the molecule is CCNCc1cc(C(=O)O)co1.COc1cc(C)c(S)c(C)c1. The van der Waals surface area contributed by atoms with Crippen molar-refractivity contribution in [3.63, 3.8) is 0 Å². The van der Waals surface area contributed by atoms with E-state index in [2.05, 4.69) is 17.9 Å². The molecule has 0 fully saturated rings. The van der Waals surface area contributed by atoms with Gasteiger partial charge >= 0.3 is 5.97 Å². The number of aryl methyl sites for hydroxylation is 2. The first kappa shape index (κ1) is 19.1. The fraction of sp³-hybridized carbons (Fsp3) is 0.353. The quantitative estimate of drug-likeness (QED) is 0.726. The summed E-state index contributed by atoms with van der Waals surface area (Å²) < 4.78 is 10.1. The van der Waals surface area contributed by atoms with E-state index < -0.39 is 5.97 Å². The zero-order valence-electron chi connectivity index (χ0n) is 13.8. The molecule has 1 aromatic heterocycles. The van der Waals surface area contributed by atoms with Gasteiger partial charge in [-0.05, 0) is 49.7 Å². The molecule has 0 atom stereocenters. The maximum absolute atomic E-state index is 10.4. The van der Waals surface area contributed by atoms with E-state index in [0.717, 1.165) is 28.3 Å². The molecule has 0 radical (unpaired) electrons. The molecule has 0 amide bonds. The number of ether oxygens (including phenoxy) is 1. The zero-order valence-corrected chi connectivity index (χ0v) is 14.7. The van der Waals surface area contributed by atoms with Crippen LogP contribution < -0.4 is 10.1 Å². The van der Waals surface area contributed by atoms with Crippen LogP contribution in [0.2, 0.25) is 0 Å². The highest BCUT2D eigenvalue weighted by atomic mass is 32.1. The van der Waals surface area contributed by atoms with Crippen molar-refractivity contribution < 1.29 is 19.1 Å². The highest BCUT2D eigenvalue weighted by Crippen LogP contribution is 2.23. The van der Waals surface area contributed by atoms with Crippen LogP contribution in [0.25, 0.3) is 0 Å². The third-order valence-electron chi connectivity index (χ3n) is 3.15. The number of hydrogen-bond acceptors (Lipinski definition) is 5. The van der Waals surface area contributed by atoms with E-state index in [9.17, 15) is 4.79 Å². The van der Waals surface area contributed by atoms with Gasteiger partial charge in [-0.1, -0.05) is 6.92 Å². The van der Waals surface area contributed by atoms with Gasteiger partial charge in [0.1, 0.15) is 17.8 Å². The van der Waals surface area contributed by atoms with Gasteiger partial charge in [-0.15, -0.1) is 12.6 Å². The van der Waals surface area contributed by atoms with Gasteiger partial charge in [0, 0.05) is 4.90 Å². The molecule has 0 aliphatic heterocycles. The monoisotopic (exact) mass is 337 g/mol. The molecule has 126 valence electrons. The Kier molecular flexibility index (Phi) is 7.71. The number of carboxylic acid groups (broad SMARTS) is 1. The second-order valence-electron chi connectivity index (χ2n) is 5.00. The number of methoxy groups -OCH3 is 1. The van der Waals surface area contributed by atoms with E-state index in [1.54, 1.807) is 7.11 Å². The number of hydrogen-bond donors (Lipinski definition) is 3. The lowest BCUT2D eigenvalue weighted by Gasteiger charge is -2.06. The summed E-state index contributed by atoms with van der Waals surface area (Å²) in [5, 5.41) is 11.6. The third kappa shape index (κ3) is 6.00. The maximum atomic E-state index is 10.4. The molecular formula is C17H23NO4S. The van der Waals surface area contributed by atoms with Gasteiger partial charge in [-0.3, -0.25) is 0 Å². The smallest absolute Gasteiger partial charge is 0.338 e. The van der Waals surface area contributed by atoms with Crippen molar-refractivity contribution in [1.82, 2.24) is 5.32 Å². The first-order valence-corrected chi connectivity index (χ1v) is 7.69. The van der Waals surface area contributed by atoms with Crippen LogP contribution in [0.4, 0.5) is 0 Å². The summed E-state index contributed by atoms with van der Waals surface area (Å²) in [5.41, 5.74) is 2.51. The summed E-state index contributed by atoms with van der Waals surface area (Å²) in [4.78, 5) is 11.5. The molecule has 5 nitrogen and oxygen atoms in total. The number of carboxylic acids is 1. The van der Waals surface area contributed by atoms with Crippen LogP contribution in [-0.4, -0.2) is 24.7 Å². The van der Waals surface area contributed by atoms with Gasteiger partial charge in [0.05, 0.1) is 19.2 Å². The molecular weight excluding hydrogens is 314 g/mol. The zero-order chi connectivity index (χ0) is 17.4. The van der Waals surface area contributed by atoms with E-state index in [4.69, 9.17) is 14.3 Å². The second kappa shape index (κ2) is 9.27. The van der Waals surface area contributed by atoms with E-state index in [0.29, 0.717) is 12.3 Å². The number of rotatable bonds is 5. The standard InChI is InChI=1S/C9H12OS.C8H11NO3/c1-6-4-8(10-3)5-7(2)9(6)11;1-2-9-4-7-3-6(5-12-7)8(10)11/h4-5,11H,1-3H3;3,5,9H,2,4H2,1H3,(H,10,11). The fourth-order valence-electron chi connectivity index (χ4n) is 1.87. The van der Waals surface area contributed by atoms with Gasteiger partial charge in [0.2, 0.25) is 0 Å². The maximum Gasteiger partial charge on any atom is 0.338 e.